The van der Waals surface area contributed by atoms with Crippen molar-refractivity contribution in [1.82, 2.24) is 30.9 Å². The minimum absolute atomic E-state index is 0.0356. The molecule has 4 rings (SSSR count). The smallest absolute Gasteiger partial charge is 0.251 e. The Kier molecular flexibility index (Phi) is 3.90. The molecule has 0 spiro atoms. The molecule has 0 bridgehead atoms. The zero-order valence-electron chi connectivity index (χ0n) is 13.1. The molecule has 0 radical (unpaired) electrons. The molecule has 1 saturated carbocycles. The zero-order chi connectivity index (χ0) is 16.4. The monoisotopic (exact) mass is 322 g/mol. The first-order valence-corrected chi connectivity index (χ1v) is 8.19. The van der Waals surface area contributed by atoms with Crippen molar-refractivity contribution in [3.05, 3.63) is 48.0 Å². The van der Waals surface area contributed by atoms with Gasteiger partial charge in [0.25, 0.3) is 5.91 Å². The van der Waals surface area contributed by atoms with E-state index in [1.807, 2.05) is 24.3 Å². The number of nitrogens with zero attached hydrogens (tertiary/aromatic N) is 4. The topological polar surface area (TPSA) is 96.5 Å². The fourth-order valence-corrected chi connectivity index (χ4v) is 3.42. The number of H-pyrrole nitrogens is 1. The van der Waals surface area contributed by atoms with E-state index in [-0.39, 0.29) is 17.9 Å². The second-order valence-electron chi connectivity index (χ2n) is 6.18. The number of hydrogen-bond acceptors (Lipinski definition) is 5. The molecule has 3 aromatic rings. The summed E-state index contributed by atoms with van der Waals surface area (Å²) in [5, 5.41) is 19.6. The van der Waals surface area contributed by atoms with Crippen LogP contribution in [0.4, 0.5) is 0 Å². The average Bonchev–Trinajstić information content (AvgIpc) is 3.16. The third-order valence-electron chi connectivity index (χ3n) is 4.68. The number of tetrazole rings is 1. The van der Waals surface area contributed by atoms with Crippen molar-refractivity contribution < 1.29 is 4.79 Å². The summed E-state index contributed by atoms with van der Waals surface area (Å²) >= 11 is 0. The molecule has 2 atom stereocenters. The van der Waals surface area contributed by atoms with Gasteiger partial charge in [0.15, 0.2) is 5.82 Å². The van der Waals surface area contributed by atoms with Crippen LogP contribution in [0.1, 0.15) is 47.8 Å². The van der Waals surface area contributed by atoms with Gasteiger partial charge in [0.2, 0.25) is 0 Å². The van der Waals surface area contributed by atoms with Gasteiger partial charge in [-0.1, -0.05) is 24.1 Å². The van der Waals surface area contributed by atoms with Gasteiger partial charge in [-0.2, -0.15) is 5.21 Å². The summed E-state index contributed by atoms with van der Waals surface area (Å²) in [6.07, 6.45) is 7.63. The molecule has 2 N–H and O–H groups in total. The first-order valence-electron chi connectivity index (χ1n) is 8.19. The maximum absolute atomic E-state index is 12.7. The first kappa shape index (κ1) is 14.7. The Hall–Kier alpha value is -2.83. The highest BCUT2D eigenvalue weighted by molar-refractivity contribution is 5.98. The third kappa shape index (κ3) is 2.84. The van der Waals surface area contributed by atoms with Crippen molar-refractivity contribution in [3.8, 4) is 0 Å². The van der Waals surface area contributed by atoms with Crippen LogP contribution in [-0.2, 0) is 0 Å². The van der Waals surface area contributed by atoms with E-state index >= 15 is 0 Å². The summed E-state index contributed by atoms with van der Waals surface area (Å²) in [5.74, 6) is 0.729. The van der Waals surface area contributed by atoms with Crippen LogP contribution in [0.2, 0.25) is 0 Å². The lowest BCUT2D eigenvalue weighted by Crippen LogP contribution is -2.41. The van der Waals surface area contributed by atoms with E-state index in [0.717, 1.165) is 36.5 Å². The summed E-state index contributed by atoms with van der Waals surface area (Å²) in [4.78, 5) is 16.8. The van der Waals surface area contributed by atoms with Crippen LogP contribution in [0.15, 0.2) is 36.7 Å². The number of nitrogens with one attached hydrogen (secondary N) is 2. The van der Waals surface area contributed by atoms with E-state index in [4.69, 9.17) is 0 Å². The number of carbonyl (C=O) groups excluding carboxylic acids is 1. The highest BCUT2D eigenvalue weighted by Crippen LogP contribution is 2.31. The van der Waals surface area contributed by atoms with Gasteiger partial charge in [0, 0.05) is 35.3 Å². The van der Waals surface area contributed by atoms with Crippen LogP contribution < -0.4 is 5.32 Å². The van der Waals surface area contributed by atoms with Crippen LogP contribution in [0.3, 0.4) is 0 Å². The lowest BCUT2D eigenvalue weighted by molar-refractivity contribution is 0.0920. The number of aromatic nitrogens is 5. The van der Waals surface area contributed by atoms with E-state index in [9.17, 15) is 4.79 Å². The predicted octanol–water partition coefficient (Wildman–Crippen LogP) is 2.20. The normalized spacial score (nSPS) is 20.8. The van der Waals surface area contributed by atoms with Crippen molar-refractivity contribution in [3.63, 3.8) is 0 Å². The largest absolute Gasteiger partial charge is 0.349 e. The average molecular weight is 322 g/mol. The van der Waals surface area contributed by atoms with Gasteiger partial charge in [0.05, 0.1) is 0 Å². The van der Waals surface area contributed by atoms with Crippen LogP contribution in [0.5, 0.6) is 0 Å². The number of aromatic amines is 1. The second kappa shape index (κ2) is 6.35. The molecule has 1 amide bonds. The standard InChI is InChI=1S/C17H18N6O/c24-17(12-6-5-11-7-8-18-10-13(11)9-12)19-15-4-2-1-3-14(15)16-20-22-23-21-16/h5-10,14-15H,1-4H2,(H,19,24)(H,20,21,22,23). The number of carbonyl (C=O) groups is 1. The highest BCUT2D eigenvalue weighted by Gasteiger charge is 2.30. The van der Waals surface area contributed by atoms with E-state index < -0.39 is 0 Å². The lowest BCUT2D eigenvalue weighted by Gasteiger charge is -2.30. The van der Waals surface area contributed by atoms with Gasteiger partial charge < -0.3 is 5.32 Å². The minimum Gasteiger partial charge on any atom is -0.349 e. The Bertz CT molecular complexity index is 847. The summed E-state index contributed by atoms with van der Waals surface area (Å²) in [7, 11) is 0. The van der Waals surface area contributed by atoms with Gasteiger partial charge in [0.1, 0.15) is 0 Å². The first-order chi connectivity index (χ1) is 11.8. The number of amides is 1. The van der Waals surface area contributed by atoms with E-state index in [1.165, 1.54) is 0 Å². The Morgan fingerprint density at radius 3 is 2.96 bits per heavy atom. The molecule has 1 fully saturated rings. The maximum atomic E-state index is 12.7. The Morgan fingerprint density at radius 2 is 2.08 bits per heavy atom. The van der Waals surface area contributed by atoms with Crippen molar-refractivity contribution in [1.29, 1.82) is 0 Å². The molecule has 0 saturated heterocycles. The Labute approximate surface area is 138 Å². The fourth-order valence-electron chi connectivity index (χ4n) is 3.42. The molecule has 2 aromatic heterocycles. The van der Waals surface area contributed by atoms with Gasteiger partial charge in [-0.25, -0.2) is 0 Å². The van der Waals surface area contributed by atoms with Crippen LogP contribution in [0.25, 0.3) is 10.8 Å². The molecule has 2 heterocycles. The Balaban J connectivity index is 1.55. The van der Waals surface area contributed by atoms with E-state index in [0.29, 0.717) is 11.4 Å². The van der Waals surface area contributed by atoms with Crippen LogP contribution >= 0.6 is 0 Å². The molecule has 1 aliphatic rings. The van der Waals surface area contributed by atoms with Gasteiger partial charge >= 0.3 is 0 Å². The minimum atomic E-state index is -0.0684. The van der Waals surface area contributed by atoms with Gasteiger partial charge in [-0.15, -0.1) is 10.2 Å². The lowest BCUT2D eigenvalue weighted by atomic mass is 9.84. The van der Waals surface area contributed by atoms with E-state index in [1.54, 1.807) is 12.4 Å². The number of pyridine rings is 1. The van der Waals surface area contributed by atoms with Crippen molar-refractivity contribution in [2.75, 3.05) is 0 Å². The van der Waals surface area contributed by atoms with Gasteiger partial charge in [-0.3, -0.25) is 9.78 Å². The third-order valence-corrected chi connectivity index (χ3v) is 4.68. The molecule has 7 heteroatoms. The van der Waals surface area contributed by atoms with Crippen molar-refractivity contribution in [2.24, 2.45) is 0 Å². The number of fused-ring (bicyclic) bond motifs is 1. The van der Waals surface area contributed by atoms with E-state index in [2.05, 4.69) is 30.9 Å². The van der Waals surface area contributed by atoms with Gasteiger partial charge in [-0.05, 0) is 36.4 Å². The zero-order valence-corrected chi connectivity index (χ0v) is 13.1. The summed E-state index contributed by atoms with van der Waals surface area (Å²) < 4.78 is 0. The number of benzene rings is 1. The van der Waals surface area contributed by atoms with Crippen molar-refractivity contribution in [2.45, 2.75) is 37.6 Å². The van der Waals surface area contributed by atoms with Crippen molar-refractivity contribution >= 4 is 16.7 Å². The molecule has 0 aliphatic heterocycles. The molecule has 1 aromatic carbocycles. The number of hydrogen-bond donors (Lipinski definition) is 2. The molecular formula is C17H18N6O. The highest BCUT2D eigenvalue weighted by atomic mass is 16.1. The molecule has 122 valence electrons. The summed E-state index contributed by atoms with van der Waals surface area (Å²) in [6, 6.07) is 7.65. The number of rotatable bonds is 3. The van der Waals surface area contributed by atoms with Crippen LogP contribution in [0, 0.1) is 0 Å². The maximum Gasteiger partial charge on any atom is 0.251 e. The fraction of sp³-hybridized carbons (Fsp3) is 0.353. The molecule has 24 heavy (non-hydrogen) atoms. The molecular weight excluding hydrogens is 304 g/mol. The second-order valence-corrected chi connectivity index (χ2v) is 6.18. The molecule has 7 nitrogen and oxygen atoms in total. The molecule has 1 aliphatic carbocycles. The SMILES string of the molecule is O=C(NC1CCCCC1c1nn[nH]n1)c1ccc2ccncc2c1. The molecule has 2 unspecified atom stereocenters. The summed E-state index contributed by atoms with van der Waals surface area (Å²) in [6.45, 7) is 0. The predicted molar refractivity (Wildman–Crippen MR) is 88.4 cm³/mol. The quantitative estimate of drug-likeness (QED) is 0.770. The summed E-state index contributed by atoms with van der Waals surface area (Å²) in [5.41, 5.74) is 0.646. The van der Waals surface area contributed by atoms with Crippen LogP contribution in [-0.4, -0.2) is 37.6 Å². The Morgan fingerprint density at radius 1 is 1.17 bits per heavy atom.